The Hall–Kier alpha value is -1.06. The fourth-order valence-electron chi connectivity index (χ4n) is 1.67. The van der Waals surface area contributed by atoms with Crippen LogP contribution < -0.4 is 0 Å². The molecule has 0 aromatic heterocycles. The maximum absolute atomic E-state index is 11.9. The first-order chi connectivity index (χ1) is 8.20. The van der Waals surface area contributed by atoms with Crippen molar-refractivity contribution in [2.24, 2.45) is 5.92 Å². The summed E-state index contributed by atoms with van der Waals surface area (Å²) in [6.07, 6.45) is 3.60. The third kappa shape index (κ3) is 5.07. The molecule has 4 nitrogen and oxygen atoms in total. The first-order valence-electron chi connectivity index (χ1n) is 6.69. The van der Waals surface area contributed by atoms with Gasteiger partial charge in [-0.3, -0.25) is 4.79 Å². The van der Waals surface area contributed by atoms with E-state index < -0.39 is 17.7 Å². The lowest BCUT2D eigenvalue weighted by molar-refractivity contribution is -0.123. The molecule has 0 aliphatic heterocycles. The Morgan fingerprint density at radius 3 is 2.33 bits per heavy atom. The minimum Gasteiger partial charge on any atom is -0.444 e. The van der Waals surface area contributed by atoms with E-state index in [-0.39, 0.29) is 5.78 Å². The topological polar surface area (TPSA) is 46.6 Å². The maximum atomic E-state index is 11.9. The summed E-state index contributed by atoms with van der Waals surface area (Å²) in [6.45, 7) is 7.22. The van der Waals surface area contributed by atoms with Crippen LogP contribution >= 0.6 is 0 Å². The second kappa shape index (κ2) is 5.72. The van der Waals surface area contributed by atoms with Gasteiger partial charge >= 0.3 is 6.09 Å². The van der Waals surface area contributed by atoms with E-state index in [0.717, 1.165) is 12.3 Å². The lowest BCUT2D eigenvalue weighted by Gasteiger charge is -2.28. The number of Topliss-reactive ketones (excluding diaryl/α,β-unsaturated/α-hetero) is 1. The minimum atomic E-state index is -0.526. The van der Waals surface area contributed by atoms with Crippen LogP contribution in [0.15, 0.2) is 0 Å². The number of ketones is 1. The Kier molecular flexibility index (Phi) is 4.77. The van der Waals surface area contributed by atoms with Crippen molar-refractivity contribution in [3.05, 3.63) is 0 Å². The van der Waals surface area contributed by atoms with Crippen LogP contribution in [0.2, 0.25) is 0 Å². The van der Waals surface area contributed by atoms with Crippen molar-refractivity contribution < 1.29 is 14.3 Å². The molecule has 1 atom stereocenters. The predicted octanol–water partition coefficient (Wildman–Crippen LogP) is 3.00. The van der Waals surface area contributed by atoms with Gasteiger partial charge in [0.25, 0.3) is 0 Å². The Bertz CT molecular complexity index is 315. The third-order valence-corrected chi connectivity index (χ3v) is 3.22. The van der Waals surface area contributed by atoms with Crippen LogP contribution in [0.25, 0.3) is 0 Å². The average Bonchev–Trinajstić information content (AvgIpc) is 3.05. The fourth-order valence-corrected chi connectivity index (χ4v) is 1.67. The number of hydrogen-bond donors (Lipinski definition) is 0. The van der Waals surface area contributed by atoms with Crippen molar-refractivity contribution in [1.82, 2.24) is 4.90 Å². The fraction of sp³-hybridized carbons (Fsp3) is 0.857. The standard InChI is InChI=1S/C14H25NO3/c1-10(12(16)9-8-11-6-7-11)15(5)13(17)18-14(2,3)4/h10-11H,6-9H2,1-5H3/t10-/m0/s1. The Morgan fingerprint density at radius 2 is 1.89 bits per heavy atom. The van der Waals surface area contributed by atoms with Crippen molar-refractivity contribution in [2.75, 3.05) is 7.05 Å². The van der Waals surface area contributed by atoms with Gasteiger partial charge in [-0.15, -0.1) is 0 Å². The molecular formula is C14H25NO3. The zero-order valence-electron chi connectivity index (χ0n) is 12.2. The molecule has 1 fully saturated rings. The number of nitrogens with zero attached hydrogens (tertiary/aromatic N) is 1. The van der Waals surface area contributed by atoms with Crippen LogP contribution in [0.4, 0.5) is 4.79 Å². The molecule has 0 saturated heterocycles. The van der Waals surface area contributed by atoms with Crippen LogP contribution in [0.1, 0.15) is 53.4 Å². The molecule has 0 spiro atoms. The molecule has 104 valence electrons. The van der Waals surface area contributed by atoms with Gasteiger partial charge in [0.2, 0.25) is 0 Å². The zero-order chi connectivity index (χ0) is 13.9. The molecule has 0 aromatic rings. The summed E-state index contributed by atoms with van der Waals surface area (Å²) in [6, 6.07) is -0.404. The Labute approximate surface area is 110 Å². The third-order valence-electron chi connectivity index (χ3n) is 3.22. The number of carbonyl (C=O) groups is 2. The molecule has 0 bridgehead atoms. The quantitative estimate of drug-likeness (QED) is 0.758. The Balaban J connectivity index is 2.40. The lowest BCUT2D eigenvalue weighted by Crippen LogP contribution is -2.43. The van der Waals surface area contributed by atoms with Crippen molar-refractivity contribution in [2.45, 2.75) is 65.0 Å². The minimum absolute atomic E-state index is 0.121. The van der Waals surface area contributed by atoms with Crippen LogP contribution in [-0.4, -0.2) is 35.5 Å². The van der Waals surface area contributed by atoms with E-state index in [0.29, 0.717) is 6.42 Å². The second-order valence-corrected chi connectivity index (χ2v) is 6.22. The van der Waals surface area contributed by atoms with Gasteiger partial charge in [0, 0.05) is 13.5 Å². The first-order valence-corrected chi connectivity index (χ1v) is 6.69. The number of hydrogen-bond acceptors (Lipinski definition) is 3. The number of rotatable bonds is 5. The highest BCUT2D eigenvalue weighted by Crippen LogP contribution is 2.33. The van der Waals surface area contributed by atoms with Crippen LogP contribution in [0.5, 0.6) is 0 Å². The van der Waals surface area contributed by atoms with E-state index in [1.807, 2.05) is 20.8 Å². The molecule has 1 saturated carbocycles. The lowest BCUT2D eigenvalue weighted by atomic mass is 10.1. The number of amides is 1. The van der Waals surface area contributed by atoms with Crippen LogP contribution in [0.3, 0.4) is 0 Å². The molecule has 1 amide bonds. The van der Waals surface area contributed by atoms with Gasteiger partial charge in [0.1, 0.15) is 5.60 Å². The van der Waals surface area contributed by atoms with E-state index in [9.17, 15) is 9.59 Å². The maximum Gasteiger partial charge on any atom is 0.410 e. The molecular weight excluding hydrogens is 230 g/mol. The number of ether oxygens (including phenoxy) is 1. The summed E-state index contributed by atoms with van der Waals surface area (Å²) in [5.74, 6) is 0.864. The highest BCUT2D eigenvalue weighted by Gasteiger charge is 2.28. The summed E-state index contributed by atoms with van der Waals surface area (Å²) in [5, 5.41) is 0. The van der Waals surface area contributed by atoms with Crippen molar-refractivity contribution in [1.29, 1.82) is 0 Å². The smallest absolute Gasteiger partial charge is 0.410 e. The second-order valence-electron chi connectivity index (χ2n) is 6.22. The molecule has 0 heterocycles. The van der Waals surface area contributed by atoms with Gasteiger partial charge in [-0.1, -0.05) is 12.8 Å². The summed E-state index contributed by atoms with van der Waals surface area (Å²) >= 11 is 0. The molecule has 1 rings (SSSR count). The average molecular weight is 255 g/mol. The largest absolute Gasteiger partial charge is 0.444 e. The Morgan fingerprint density at radius 1 is 1.33 bits per heavy atom. The van der Waals surface area contributed by atoms with E-state index in [1.165, 1.54) is 17.7 Å². The van der Waals surface area contributed by atoms with Gasteiger partial charge in [0.15, 0.2) is 5.78 Å². The van der Waals surface area contributed by atoms with E-state index >= 15 is 0 Å². The molecule has 0 radical (unpaired) electrons. The monoisotopic (exact) mass is 255 g/mol. The van der Waals surface area contributed by atoms with Gasteiger partial charge in [-0.05, 0) is 40.0 Å². The molecule has 0 aromatic carbocycles. The molecule has 1 aliphatic carbocycles. The van der Waals surface area contributed by atoms with Crippen molar-refractivity contribution in [3.8, 4) is 0 Å². The normalized spacial score (nSPS) is 17.2. The van der Waals surface area contributed by atoms with Gasteiger partial charge in [-0.2, -0.15) is 0 Å². The van der Waals surface area contributed by atoms with Crippen LogP contribution in [-0.2, 0) is 9.53 Å². The highest BCUT2D eigenvalue weighted by atomic mass is 16.6. The highest BCUT2D eigenvalue weighted by molar-refractivity contribution is 5.87. The van der Waals surface area contributed by atoms with Gasteiger partial charge in [0.05, 0.1) is 6.04 Å². The number of carbonyl (C=O) groups excluding carboxylic acids is 2. The first kappa shape index (κ1) is 15.0. The summed E-state index contributed by atoms with van der Waals surface area (Å²) in [4.78, 5) is 25.1. The summed E-state index contributed by atoms with van der Waals surface area (Å²) < 4.78 is 5.24. The van der Waals surface area contributed by atoms with Gasteiger partial charge < -0.3 is 9.64 Å². The molecule has 18 heavy (non-hydrogen) atoms. The van der Waals surface area contributed by atoms with E-state index in [2.05, 4.69) is 0 Å². The van der Waals surface area contributed by atoms with Gasteiger partial charge in [-0.25, -0.2) is 4.79 Å². The molecule has 0 unspecified atom stereocenters. The molecule has 4 heteroatoms. The van der Waals surface area contributed by atoms with Crippen molar-refractivity contribution >= 4 is 11.9 Å². The summed E-state index contributed by atoms with van der Waals surface area (Å²) in [5.41, 5.74) is -0.526. The zero-order valence-corrected chi connectivity index (χ0v) is 12.2. The number of likely N-dealkylation sites (N-methyl/N-ethyl adjacent to an activating group) is 1. The van der Waals surface area contributed by atoms with Crippen molar-refractivity contribution in [3.63, 3.8) is 0 Å². The predicted molar refractivity (Wildman–Crippen MR) is 70.4 cm³/mol. The molecule has 0 N–H and O–H groups in total. The molecule has 1 aliphatic rings. The summed E-state index contributed by atoms with van der Waals surface area (Å²) in [7, 11) is 1.62. The van der Waals surface area contributed by atoms with E-state index in [1.54, 1.807) is 14.0 Å². The van der Waals surface area contributed by atoms with Crippen LogP contribution in [0, 0.1) is 5.92 Å². The SMILES string of the molecule is C[C@@H](C(=O)CCC1CC1)N(C)C(=O)OC(C)(C)C. The van der Waals surface area contributed by atoms with E-state index in [4.69, 9.17) is 4.74 Å².